The number of nitrogens with zero attached hydrogens (tertiary/aromatic N) is 2. The van der Waals surface area contributed by atoms with Crippen molar-refractivity contribution in [1.29, 1.82) is 0 Å². The second-order valence-corrected chi connectivity index (χ2v) is 5.87. The van der Waals surface area contributed by atoms with E-state index in [-0.39, 0.29) is 0 Å². The molecule has 0 amide bonds. The lowest BCUT2D eigenvalue weighted by Crippen LogP contribution is -2.32. The van der Waals surface area contributed by atoms with Crippen molar-refractivity contribution in [2.24, 2.45) is 11.7 Å². The third-order valence-corrected chi connectivity index (χ3v) is 4.75. The number of hydrogen-bond acceptors (Lipinski definition) is 2. The summed E-state index contributed by atoms with van der Waals surface area (Å²) < 4.78 is 2.33. The van der Waals surface area contributed by atoms with Gasteiger partial charge in [-0.2, -0.15) is 0 Å². The molecule has 0 bridgehead atoms. The molecule has 1 aromatic carbocycles. The van der Waals surface area contributed by atoms with Gasteiger partial charge in [0.2, 0.25) is 0 Å². The first-order chi connectivity index (χ1) is 9.79. The summed E-state index contributed by atoms with van der Waals surface area (Å²) in [4.78, 5) is 4.38. The zero-order chi connectivity index (χ0) is 13.9. The highest BCUT2D eigenvalue weighted by Crippen LogP contribution is 2.42. The van der Waals surface area contributed by atoms with Crippen molar-refractivity contribution in [3.63, 3.8) is 0 Å². The molecule has 3 unspecified atom stereocenters. The number of aromatic nitrogens is 2. The number of hydrogen-bond donors (Lipinski definition) is 1. The summed E-state index contributed by atoms with van der Waals surface area (Å²) in [5.74, 6) is 2.32. The second-order valence-electron chi connectivity index (χ2n) is 5.87. The first kappa shape index (κ1) is 13.4. The topological polar surface area (TPSA) is 43.8 Å². The van der Waals surface area contributed by atoms with Crippen molar-refractivity contribution in [3.8, 4) is 0 Å². The zero-order valence-electron chi connectivity index (χ0n) is 12.1. The summed E-state index contributed by atoms with van der Waals surface area (Å²) in [5, 5.41) is 0. The molecule has 0 aliphatic heterocycles. The van der Waals surface area contributed by atoms with Crippen molar-refractivity contribution < 1.29 is 0 Å². The Balaban J connectivity index is 1.85. The predicted molar refractivity (Wildman–Crippen MR) is 81.6 cm³/mol. The Morgan fingerprint density at radius 3 is 2.70 bits per heavy atom. The van der Waals surface area contributed by atoms with Gasteiger partial charge in [0.05, 0.1) is 0 Å². The average Bonchev–Trinajstić information content (AvgIpc) is 2.93. The van der Waals surface area contributed by atoms with Crippen LogP contribution in [0.5, 0.6) is 0 Å². The maximum Gasteiger partial charge on any atom is 0.105 e. The Morgan fingerprint density at radius 1 is 1.25 bits per heavy atom. The number of nitrogens with two attached hydrogens (primary N) is 1. The summed E-state index contributed by atoms with van der Waals surface area (Å²) in [7, 11) is 0. The van der Waals surface area contributed by atoms with Crippen LogP contribution >= 0.6 is 0 Å². The first-order valence-electron chi connectivity index (χ1n) is 7.54. The van der Waals surface area contributed by atoms with Crippen molar-refractivity contribution in [2.75, 3.05) is 6.54 Å². The van der Waals surface area contributed by atoms with E-state index in [0.717, 1.165) is 12.4 Å². The van der Waals surface area contributed by atoms with E-state index < -0.39 is 0 Å². The van der Waals surface area contributed by atoms with Gasteiger partial charge in [0.25, 0.3) is 0 Å². The van der Waals surface area contributed by atoms with Gasteiger partial charge in [-0.25, -0.2) is 4.98 Å². The fourth-order valence-electron chi connectivity index (χ4n) is 3.59. The van der Waals surface area contributed by atoms with Crippen LogP contribution in [0.4, 0.5) is 0 Å². The van der Waals surface area contributed by atoms with Crippen LogP contribution in [-0.4, -0.2) is 16.1 Å². The molecule has 1 aliphatic rings. The molecule has 0 radical (unpaired) electrons. The molecular formula is C17H23N3. The van der Waals surface area contributed by atoms with Crippen LogP contribution in [0.15, 0.2) is 42.7 Å². The monoisotopic (exact) mass is 269 g/mol. The molecule has 20 heavy (non-hydrogen) atoms. The summed E-state index contributed by atoms with van der Waals surface area (Å²) in [6.45, 7) is 2.85. The predicted octanol–water partition coefficient (Wildman–Crippen LogP) is 3.28. The van der Waals surface area contributed by atoms with Crippen molar-refractivity contribution in [2.45, 2.75) is 38.1 Å². The van der Waals surface area contributed by atoms with E-state index in [0.29, 0.717) is 17.9 Å². The number of imidazole rings is 1. The van der Waals surface area contributed by atoms with Gasteiger partial charge in [0.15, 0.2) is 0 Å². The van der Waals surface area contributed by atoms with Crippen molar-refractivity contribution in [1.82, 2.24) is 9.55 Å². The molecule has 3 atom stereocenters. The largest absolute Gasteiger partial charge is 0.332 e. The lowest BCUT2D eigenvalue weighted by Gasteiger charge is -2.37. The summed E-state index contributed by atoms with van der Waals surface area (Å²) in [6.07, 6.45) is 7.63. The Morgan fingerprint density at radius 2 is 2.05 bits per heavy atom. The highest BCUT2D eigenvalue weighted by Gasteiger charge is 2.31. The quantitative estimate of drug-likeness (QED) is 0.929. The summed E-state index contributed by atoms with van der Waals surface area (Å²) >= 11 is 0. The summed E-state index contributed by atoms with van der Waals surface area (Å²) in [5.41, 5.74) is 7.46. The lowest BCUT2D eigenvalue weighted by molar-refractivity contribution is 0.220. The fraction of sp³-hybridized carbons (Fsp3) is 0.471. The minimum absolute atomic E-state index is 0.487. The van der Waals surface area contributed by atoms with E-state index in [1.807, 2.05) is 6.20 Å². The van der Waals surface area contributed by atoms with E-state index >= 15 is 0 Å². The molecule has 0 spiro atoms. The van der Waals surface area contributed by atoms with E-state index in [1.54, 1.807) is 0 Å². The second kappa shape index (κ2) is 5.80. The molecule has 1 heterocycles. The lowest BCUT2D eigenvalue weighted by atomic mass is 9.75. The highest BCUT2D eigenvalue weighted by atomic mass is 15.1. The highest BCUT2D eigenvalue weighted by molar-refractivity contribution is 5.20. The molecule has 0 saturated heterocycles. The fourth-order valence-corrected chi connectivity index (χ4v) is 3.59. The van der Waals surface area contributed by atoms with E-state index in [9.17, 15) is 0 Å². The molecule has 2 aromatic rings. The normalized spacial score (nSPS) is 26.6. The Labute approximate surface area is 120 Å². The van der Waals surface area contributed by atoms with Gasteiger partial charge in [-0.15, -0.1) is 0 Å². The van der Waals surface area contributed by atoms with Gasteiger partial charge in [-0.1, -0.05) is 30.3 Å². The van der Waals surface area contributed by atoms with E-state index in [1.165, 1.54) is 24.8 Å². The van der Waals surface area contributed by atoms with E-state index in [2.05, 4.69) is 53.0 Å². The van der Waals surface area contributed by atoms with E-state index in [4.69, 9.17) is 5.73 Å². The molecule has 1 aromatic heterocycles. The zero-order valence-corrected chi connectivity index (χ0v) is 12.1. The molecule has 106 valence electrons. The smallest absolute Gasteiger partial charge is 0.105 e. The molecule has 3 heteroatoms. The van der Waals surface area contributed by atoms with Crippen LogP contribution in [0.3, 0.4) is 0 Å². The van der Waals surface area contributed by atoms with Crippen LogP contribution in [0, 0.1) is 12.8 Å². The molecule has 3 nitrogen and oxygen atoms in total. The molecular weight excluding hydrogens is 246 g/mol. The van der Waals surface area contributed by atoms with Crippen LogP contribution in [0.1, 0.15) is 42.6 Å². The van der Waals surface area contributed by atoms with Gasteiger partial charge in [-0.3, -0.25) is 0 Å². The number of rotatable bonds is 3. The van der Waals surface area contributed by atoms with Gasteiger partial charge in [0, 0.05) is 18.4 Å². The molecule has 3 rings (SSSR count). The Hall–Kier alpha value is -1.61. The maximum atomic E-state index is 6.00. The standard InChI is InChI=1S/C17H23N3/c1-13-19-9-10-20(13)17-11-15(7-8-16(17)12-18)14-5-3-2-4-6-14/h2-6,9-10,15-17H,7-8,11-12,18H2,1H3. The third kappa shape index (κ3) is 2.50. The number of aryl methyl sites for hydroxylation is 1. The van der Waals surface area contributed by atoms with Crippen LogP contribution in [0.25, 0.3) is 0 Å². The van der Waals surface area contributed by atoms with Gasteiger partial charge in [-0.05, 0) is 50.1 Å². The molecule has 1 aliphatic carbocycles. The molecule has 1 fully saturated rings. The molecule has 1 saturated carbocycles. The van der Waals surface area contributed by atoms with Gasteiger partial charge >= 0.3 is 0 Å². The van der Waals surface area contributed by atoms with Crippen LogP contribution in [0.2, 0.25) is 0 Å². The average molecular weight is 269 g/mol. The van der Waals surface area contributed by atoms with Crippen LogP contribution < -0.4 is 5.73 Å². The summed E-state index contributed by atoms with van der Waals surface area (Å²) in [6, 6.07) is 11.4. The number of benzene rings is 1. The van der Waals surface area contributed by atoms with Crippen molar-refractivity contribution in [3.05, 3.63) is 54.1 Å². The Kier molecular flexibility index (Phi) is 3.88. The van der Waals surface area contributed by atoms with Crippen LogP contribution in [-0.2, 0) is 0 Å². The Bertz CT molecular complexity index is 546. The SMILES string of the molecule is Cc1nccn1C1CC(c2ccccc2)CCC1CN. The molecule has 2 N–H and O–H groups in total. The van der Waals surface area contributed by atoms with Gasteiger partial charge in [0.1, 0.15) is 5.82 Å². The van der Waals surface area contributed by atoms with Crippen molar-refractivity contribution >= 4 is 0 Å². The third-order valence-electron chi connectivity index (χ3n) is 4.75. The maximum absolute atomic E-state index is 6.00. The minimum atomic E-state index is 0.487. The first-order valence-corrected chi connectivity index (χ1v) is 7.54. The van der Waals surface area contributed by atoms with Gasteiger partial charge < -0.3 is 10.3 Å². The minimum Gasteiger partial charge on any atom is -0.332 e.